The fraction of sp³-hybridized carbons (Fsp3) is 0.261. The lowest BCUT2D eigenvalue weighted by Crippen LogP contribution is -2.16. The molecule has 0 amide bonds. The van der Waals surface area contributed by atoms with E-state index < -0.39 is 11.8 Å². The number of methoxy groups -OCH3 is 1. The van der Waals surface area contributed by atoms with Crippen molar-refractivity contribution in [1.82, 2.24) is 19.3 Å². The maximum Gasteiger partial charge on any atom is 0.513 e. The number of H-pyrrole nitrogens is 1. The van der Waals surface area contributed by atoms with E-state index in [4.69, 9.17) is 14.2 Å². The van der Waals surface area contributed by atoms with E-state index in [1.807, 2.05) is 24.4 Å². The molecule has 2 N–H and O–H groups in total. The minimum atomic E-state index is -0.930. The summed E-state index contributed by atoms with van der Waals surface area (Å²) < 4.78 is 18.7. The second-order valence-electron chi connectivity index (χ2n) is 7.52. The first-order chi connectivity index (χ1) is 15.8. The number of carbonyl (C=O) groups is 1. The van der Waals surface area contributed by atoms with Crippen molar-refractivity contribution in [1.29, 1.82) is 0 Å². The lowest BCUT2D eigenvalue weighted by molar-refractivity contribution is 0.103. The highest BCUT2D eigenvalue weighted by Gasteiger charge is 2.22. The number of phenolic OH excluding ortho intramolecular Hbond substituents is 1. The van der Waals surface area contributed by atoms with E-state index in [2.05, 4.69) is 28.6 Å². The van der Waals surface area contributed by atoms with Crippen LogP contribution in [0.1, 0.15) is 26.8 Å². The molecule has 0 aliphatic carbocycles. The standard InChI is InChI=1S/C23H24N4O6/c1-5-32-23(30)33-20-12-18(28)15(11-19(20)31-4)21-24-25-22(29)27(21)17-8-6-7-16-14(17)9-10-26(16)13(2)3/h6-13,28H,5H2,1-4H3,(H,25,29). The molecule has 10 nitrogen and oxygen atoms in total. The van der Waals surface area contributed by atoms with E-state index in [9.17, 15) is 14.7 Å². The van der Waals surface area contributed by atoms with Gasteiger partial charge in [0, 0.05) is 23.7 Å². The SMILES string of the molecule is CCOC(=O)Oc1cc(O)c(-c2n[nH]c(=O)n2-c2cccc3c2ccn3C(C)C)cc1OC. The van der Waals surface area contributed by atoms with Crippen LogP contribution in [0.5, 0.6) is 17.2 Å². The van der Waals surface area contributed by atoms with Gasteiger partial charge in [0.05, 0.1) is 30.5 Å². The van der Waals surface area contributed by atoms with Gasteiger partial charge in [-0.1, -0.05) is 6.07 Å². The second-order valence-corrected chi connectivity index (χ2v) is 7.52. The maximum atomic E-state index is 12.8. The number of hydrogen-bond donors (Lipinski definition) is 2. The van der Waals surface area contributed by atoms with Gasteiger partial charge in [0.2, 0.25) is 0 Å². The van der Waals surface area contributed by atoms with Gasteiger partial charge in [0.25, 0.3) is 0 Å². The van der Waals surface area contributed by atoms with Gasteiger partial charge in [-0.15, -0.1) is 0 Å². The minimum absolute atomic E-state index is 0.0299. The van der Waals surface area contributed by atoms with E-state index in [1.54, 1.807) is 13.0 Å². The van der Waals surface area contributed by atoms with Crippen molar-refractivity contribution in [3.8, 4) is 34.3 Å². The Balaban J connectivity index is 1.87. The minimum Gasteiger partial charge on any atom is -0.507 e. The van der Waals surface area contributed by atoms with Gasteiger partial charge in [-0.2, -0.15) is 5.10 Å². The average Bonchev–Trinajstić information content (AvgIpc) is 3.38. The van der Waals surface area contributed by atoms with E-state index in [-0.39, 0.29) is 41.3 Å². The first-order valence-electron chi connectivity index (χ1n) is 10.4. The molecule has 33 heavy (non-hydrogen) atoms. The molecule has 0 fully saturated rings. The predicted octanol–water partition coefficient (Wildman–Crippen LogP) is 4.01. The molecule has 0 saturated heterocycles. The smallest absolute Gasteiger partial charge is 0.507 e. The Kier molecular flexibility index (Phi) is 5.82. The summed E-state index contributed by atoms with van der Waals surface area (Å²) in [5.74, 6) is 0.0327. The van der Waals surface area contributed by atoms with Crippen LogP contribution in [0.25, 0.3) is 28.0 Å². The number of phenols is 1. The Morgan fingerprint density at radius 1 is 1.21 bits per heavy atom. The fourth-order valence-electron chi connectivity index (χ4n) is 3.72. The zero-order chi connectivity index (χ0) is 23.7. The summed E-state index contributed by atoms with van der Waals surface area (Å²) in [6, 6.07) is 10.5. The van der Waals surface area contributed by atoms with Crippen molar-refractivity contribution in [3.63, 3.8) is 0 Å². The van der Waals surface area contributed by atoms with Crippen molar-refractivity contribution in [2.75, 3.05) is 13.7 Å². The van der Waals surface area contributed by atoms with Crippen LogP contribution >= 0.6 is 0 Å². The number of ether oxygens (including phenoxy) is 3. The molecule has 4 rings (SSSR count). The number of carbonyl (C=O) groups excluding carboxylic acids is 1. The molecule has 0 aliphatic rings. The maximum absolute atomic E-state index is 12.8. The highest BCUT2D eigenvalue weighted by molar-refractivity contribution is 5.89. The number of nitrogens with one attached hydrogen (secondary N) is 1. The number of rotatable bonds is 6. The third kappa shape index (κ3) is 3.91. The van der Waals surface area contributed by atoms with Gasteiger partial charge in [-0.3, -0.25) is 0 Å². The van der Waals surface area contributed by atoms with Crippen LogP contribution in [-0.2, 0) is 4.74 Å². The summed E-state index contributed by atoms with van der Waals surface area (Å²) in [6.45, 7) is 5.93. The summed E-state index contributed by atoms with van der Waals surface area (Å²) in [5, 5.41) is 18.2. The Labute approximate surface area is 188 Å². The molecule has 172 valence electrons. The van der Waals surface area contributed by atoms with Gasteiger partial charge in [0.15, 0.2) is 17.3 Å². The second kappa shape index (κ2) is 8.73. The van der Waals surface area contributed by atoms with Gasteiger partial charge in [0.1, 0.15) is 5.75 Å². The van der Waals surface area contributed by atoms with Gasteiger partial charge in [-0.25, -0.2) is 19.3 Å². The number of hydrogen-bond acceptors (Lipinski definition) is 7. The molecule has 2 aromatic carbocycles. The van der Waals surface area contributed by atoms with Crippen molar-refractivity contribution >= 4 is 17.1 Å². The third-order valence-electron chi connectivity index (χ3n) is 5.19. The normalized spacial score (nSPS) is 11.2. The molecule has 0 unspecified atom stereocenters. The summed E-state index contributed by atoms with van der Waals surface area (Å²) >= 11 is 0. The lowest BCUT2D eigenvalue weighted by Gasteiger charge is -2.14. The van der Waals surface area contributed by atoms with Crippen molar-refractivity contribution < 1.29 is 24.1 Å². The van der Waals surface area contributed by atoms with Crippen LogP contribution in [0.2, 0.25) is 0 Å². The van der Waals surface area contributed by atoms with Gasteiger partial charge in [-0.05, 0) is 45.0 Å². The Hall–Kier alpha value is -4.21. The topological polar surface area (TPSA) is 121 Å². The summed E-state index contributed by atoms with van der Waals surface area (Å²) in [5.41, 5.74) is 1.30. The van der Waals surface area contributed by atoms with Crippen molar-refractivity contribution in [2.24, 2.45) is 0 Å². The highest BCUT2D eigenvalue weighted by atomic mass is 16.7. The van der Waals surface area contributed by atoms with E-state index in [0.29, 0.717) is 5.69 Å². The molecule has 0 bridgehead atoms. The van der Waals surface area contributed by atoms with Crippen LogP contribution in [0.3, 0.4) is 0 Å². The average molecular weight is 452 g/mol. The molecule has 0 saturated carbocycles. The van der Waals surface area contributed by atoms with Crippen LogP contribution in [-0.4, -0.2) is 44.3 Å². The van der Waals surface area contributed by atoms with Crippen LogP contribution < -0.4 is 15.2 Å². The lowest BCUT2D eigenvalue weighted by atomic mass is 10.1. The largest absolute Gasteiger partial charge is 0.513 e. The Morgan fingerprint density at radius 2 is 2.00 bits per heavy atom. The first-order valence-corrected chi connectivity index (χ1v) is 10.4. The quantitative estimate of drug-likeness (QED) is 0.335. The fourth-order valence-corrected chi connectivity index (χ4v) is 3.72. The first kappa shape index (κ1) is 22.0. The third-order valence-corrected chi connectivity index (χ3v) is 5.19. The summed E-state index contributed by atoms with van der Waals surface area (Å²) in [4.78, 5) is 24.5. The molecule has 0 aliphatic heterocycles. The molecular formula is C23H24N4O6. The highest BCUT2D eigenvalue weighted by Crippen LogP contribution is 2.40. The number of nitrogens with zero attached hydrogens (tertiary/aromatic N) is 3. The van der Waals surface area contributed by atoms with E-state index in [0.717, 1.165) is 10.9 Å². The number of fused-ring (bicyclic) bond motifs is 1. The van der Waals surface area contributed by atoms with Crippen molar-refractivity contribution in [2.45, 2.75) is 26.8 Å². The number of aromatic amines is 1. The number of benzene rings is 2. The molecule has 10 heteroatoms. The molecule has 4 aromatic rings. The van der Waals surface area contributed by atoms with Crippen molar-refractivity contribution in [3.05, 3.63) is 53.1 Å². The van der Waals surface area contributed by atoms with E-state index >= 15 is 0 Å². The molecular weight excluding hydrogens is 428 g/mol. The number of aromatic hydroxyl groups is 1. The summed E-state index contributed by atoms with van der Waals surface area (Å²) in [6.07, 6.45) is 1.03. The Morgan fingerprint density at radius 3 is 2.70 bits per heavy atom. The zero-order valence-corrected chi connectivity index (χ0v) is 18.7. The van der Waals surface area contributed by atoms with Gasteiger partial charge < -0.3 is 23.9 Å². The zero-order valence-electron chi connectivity index (χ0n) is 18.7. The van der Waals surface area contributed by atoms with Crippen LogP contribution in [0.4, 0.5) is 4.79 Å². The molecule has 0 atom stereocenters. The molecule has 2 aromatic heterocycles. The summed E-state index contributed by atoms with van der Waals surface area (Å²) in [7, 11) is 1.39. The molecule has 2 heterocycles. The molecule has 0 spiro atoms. The molecule has 0 radical (unpaired) electrons. The van der Waals surface area contributed by atoms with E-state index in [1.165, 1.54) is 23.8 Å². The monoisotopic (exact) mass is 452 g/mol. The van der Waals surface area contributed by atoms with Crippen LogP contribution in [0, 0.1) is 0 Å². The van der Waals surface area contributed by atoms with Crippen LogP contribution in [0.15, 0.2) is 47.4 Å². The Bertz CT molecular complexity index is 1380. The predicted molar refractivity (Wildman–Crippen MR) is 121 cm³/mol. The number of aromatic nitrogens is 4. The van der Waals surface area contributed by atoms with Gasteiger partial charge >= 0.3 is 11.8 Å².